The van der Waals surface area contributed by atoms with Crippen molar-refractivity contribution >= 4 is 17.5 Å². The molecule has 3 aromatic carbocycles. The van der Waals surface area contributed by atoms with Gasteiger partial charge in [0.15, 0.2) is 0 Å². The van der Waals surface area contributed by atoms with E-state index in [4.69, 9.17) is 16.3 Å². The Morgan fingerprint density at radius 3 is 2.50 bits per heavy atom. The van der Waals surface area contributed by atoms with Crippen molar-refractivity contribution in [3.63, 3.8) is 0 Å². The minimum absolute atomic E-state index is 0.0193. The molecule has 1 saturated heterocycles. The van der Waals surface area contributed by atoms with E-state index in [-0.39, 0.29) is 11.7 Å². The van der Waals surface area contributed by atoms with Gasteiger partial charge in [0.1, 0.15) is 18.2 Å². The van der Waals surface area contributed by atoms with Gasteiger partial charge in [-0.2, -0.15) is 0 Å². The summed E-state index contributed by atoms with van der Waals surface area (Å²) in [5, 5.41) is 0.568. The molecule has 32 heavy (non-hydrogen) atoms. The zero-order valence-electron chi connectivity index (χ0n) is 18.1. The molecule has 0 aromatic heterocycles. The standard InChI is InChI=1S/C26H26ClFN2O2/c1-19-8-9-24(27)25(14-19)32-18-21-5-2-6-22(15-21)26(31)30-12-10-29(11-13-30)17-20-4-3-7-23(28)16-20/h2-9,14-16H,10-13,17-18H2,1H3. The Kier molecular flexibility index (Phi) is 7.08. The summed E-state index contributed by atoms with van der Waals surface area (Å²) in [6.07, 6.45) is 0. The Morgan fingerprint density at radius 2 is 1.72 bits per heavy atom. The van der Waals surface area contributed by atoms with Crippen LogP contribution in [-0.2, 0) is 13.2 Å². The van der Waals surface area contributed by atoms with Crippen LogP contribution in [0.5, 0.6) is 5.75 Å². The Hall–Kier alpha value is -2.89. The number of nitrogens with zero attached hydrogens (tertiary/aromatic N) is 2. The topological polar surface area (TPSA) is 32.8 Å². The summed E-state index contributed by atoms with van der Waals surface area (Å²) in [6, 6.07) is 19.9. The van der Waals surface area contributed by atoms with Gasteiger partial charge in [-0.25, -0.2) is 4.39 Å². The molecule has 0 aliphatic carbocycles. The molecular formula is C26H26ClFN2O2. The van der Waals surface area contributed by atoms with E-state index in [0.29, 0.717) is 42.6 Å². The number of piperazine rings is 1. The van der Waals surface area contributed by atoms with E-state index < -0.39 is 0 Å². The summed E-state index contributed by atoms with van der Waals surface area (Å²) in [4.78, 5) is 17.1. The first-order valence-corrected chi connectivity index (χ1v) is 11.1. The molecule has 1 aliphatic rings. The van der Waals surface area contributed by atoms with Gasteiger partial charge in [-0.05, 0) is 60.0 Å². The monoisotopic (exact) mass is 452 g/mol. The lowest BCUT2D eigenvalue weighted by Gasteiger charge is -2.34. The number of amides is 1. The van der Waals surface area contributed by atoms with Crippen LogP contribution in [0.3, 0.4) is 0 Å². The third-order valence-corrected chi connectivity index (χ3v) is 5.92. The quantitative estimate of drug-likeness (QED) is 0.507. The van der Waals surface area contributed by atoms with Crippen molar-refractivity contribution in [2.75, 3.05) is 26.2 Å². The van der Waals surface area contributed by atoms with Crippen LogP contribution in [0.1, 0.15) is 27.0 Å². The van der Waals surface area contributed by atoms with Gasteiger partial charge in [0.25, 0.3) is 5.91 Å². The first-order chi connectivity index (χ1) is 15.5. The SMILES string of the molecule is Cc1ccc(Cl)c(OCc2cccc(C(=O)N3CCN(Cc4cccc(F)c4)CC3)c2)c1. The van der Waals surface area contributed by atoms with Crippen molar-refractivity contribution in [2.24, 2.45) is 0 Å². The molecule has 1 aliphatic heterocycles. The van der Waals surface area contributed by atoms with E-state index in [2.05, 4.69) is 4.90 Å². The zero-order valence-corrected chi connectivity index (χ0v) is 18.8. The molecule has 0 unspecified atom stereocenters. The maximum absolute atomic E-state index is 13.4. The largest absolute Gasteiger partial charge is 0.487 e. The molecule has 0 bridgehead atoms. The van der Waals surface area contributed by atoms with E-state index in [1.54, 1.807) is 12.1 Å². The van der Waals surface area contributed by atoms with Gasteiger partial charge < -0.3 is 9.64 Å². The lowest BCUT2D eigenvalue weighted by atomic mass is 10.1. The smallest absolute Gasteiger partial charge is 0.253 e. The second kappa shape index (κ2) is 10.2. The number of halogens is 2. The maximum Gasteiger partial charge on any atom is 0.253 e. The molecule has 1 heterocycles. The predicted molar refractivity (Wildman–Crippen MR) is 125 cm³/mol. The number of ether oxygens (including phenoxy) is 1. The Morgan fingerprint density at radius 1 is 0.969 bits per heavy atom. The minimum atomic E-state index is -0.218. The number of hydrogen-bond donors (Lipinski definition) is 0. The molecule has 0 N–H and O–H groups in total. The average Bonchev–Trinajstić information content (AvgIpc) is 2.80. The summed E-state index contributed by atoms with van der Waals surface area (Å²) < 4.78 is 19.3. The molecule has 6 heteroatoms. The first-order valence-electron chi connectivity index (χ1n) is 10.7. The van der Waals surface area contributed by atoms with Crippen molar-refractivity contribution in [1.29, 1.82) is 0 Å². The van der Waals surface area contributed by atoms with E-state index in [9.17, 15) is 9.18 Å². The first kappa shape index (κ1) is 22.3. The van der Waals surface area contributed by atoms with Crippen LogP contribution in [0.25, 0.3) is 0 Å². The molecular weight excluding hydrogens is 427 g/mol. The number of carbonyl (C=O) groups is 1. The summed E-state index contributed by atoms with van der Waals surface area (Å²) in [6.45, 7) is 5.83. The van der Waals surface area contributed by atoms with Crippen LogP contribution in [0.4, 0.5) is 4.39 Å². The van der Waals surface area contributed by atoms with Crippen molar-refractivity contribution in [3.05, 3.63) is 99.8 Å². The zero-order chi connectivity index (χ0) is 22.5. The highest BCUT2D eigenvalue weighted by molar-refractivity contribution is 6.32. The lowest BCUT2D eigenvalue weighted by Crippen LogP contribution is -2.48. The third-order valence-electron chi connectivity index (χ3n) is 5.61. The Bertz CT molecular complexity index is 1100. The van der Waals surface area contributed by atoms with Crippen LogP contribution in [0.2, 0.25) is 5.02 Å². The molecule has 3 aromatic rings. The molecule has 166 valence electrons. The van der Waals surface area contributed by atoms with Gasteiger partial charge >= 0.3 is 0 Å². The molecule has 4 rings (SSSR count). The third kappa shape index (κ3) is 5.67. The number of carbonyl (C=O) groups excluding carboxylic acids is 1. The normalized spacial score (nSPS) is 14.4. The van der Waals surface area contributed by atoms with Crippen molar-refractivity contribution in [3.8, 4) is 5.75 Å². The van der Waals surface area contributed by atoms with E-state index in [1.807, 2.05) is 60.4 Å². The van der Waals surface area contributed by atoms with Gasteiger partial charge in [0, 0.05) is 38.3 Å². The highest BCUT2D eigenvalue weighted by Gasteiger charge is 2.22. The second-order valence-corrected chi connectivity index (χ2v) is 8.53. The van der Waals surface area contributed by atoms with E-state index in [1.165, 1.54) is 6.07 Å². The number of aryl methyl sites for hydroxylation is 1. The van der Waals surface area contributed by atoms with Crippen molar-refractivity contribution in [1.82, 2.24) is 9.80 Å². The van der Waals surface area contributed by atoms with Crippen LogP contribution in [0, 0.1) is 12.7 Å². The summed E-state index contributed by atoms with van der Waals surface area (Å²) in [7, 11) is 0. The predicted octanol–water partition coefficient (Wildman–Crippen LogP) is 5.32. The van der Waals surface area contributed by atoms with Gasteiger partial charge in [-0.3, -0.25) is 9.69 Å². The van der Waals surface area contributed by atoms with Crippen molar-refractivity contribution in [2.45, 2.75) is 20.1 Å². The molecule has 1 fully saturated rings. The second-order valence-electron chi connectivity index (χ2n) is 8.12. The van der Waals surface area contributed by atoms with Crippen LogP contribution < -0.4 is 4.74 Å². The minimum Gasteiger partial charge on any atom is -0.487 e. The van der Waals surface area contributed by atoms with Gasteiger partial charge in [0.2, 0.25) is 0 Å². The number of rotatable bonds is 6. The van der Waals surface area contributed by atoms with Crippen LogP contribution in [0.15, 0.2) is 66.7 Å². The van der Waals surface area contributed by atoms with Crippen LogP contribution >= 0.6 is 11.6 Å². The number of hydrogen-bond acceptors (Lipinski definition) is 3. The maximum atomic E-state index is 13.4. The molecule has 0 saturated carbocycles. The summed E-state index contributed by atoms with van der Waals surface area (Å²) >= 11 is 6.21. The molecule has 4 nitrogen and oxygen atoms in total. The molecule has 0 radical (unpaired) electrons. The Labute approximate surface area is 193 Å². The Balaban J connectivity index is 1.33. The summed E-state index contributed by atoms with van der Waals surface area (Å²) in [5.74, 6) is 0.438. The fourth-order valence-corrected chi connectivity index (χ4v) is 4.03. The van der Waals surface area contributed by atoms with Gasteiger partial charge in [-0.15, -0.1) is 0 Å². The van der Waals surface area contributed by atoms with Gasteiger partial charge in [-0.1, -0.05) is 41.9 Å². The molecule has 1 amide bonds. The lowest BCUT2D eigenvalue weighted by molar-refractivity contribution is 0.0628. The van der Waals surface area contributed by atoms with E-state index >= 15 is 0 Å². The molecule has 0 spiro atoms. The van der Waals surface area contributed by atoms with Crippen molar-refractivity contribution < 1.29 is 13.9 Å². The fraction of sp³-hybridized carbons (Fsp3) is 0.269. The number of benzene rings is 3. The van der Waals surface area contributed by atoms with E-state index in [0.717, 1.165) is 29.8 Å². The highest BCUT2D eigenvalue weighted by Crippen LogP contribution is 2.26. The fourth-order valence-electron chi connectivity index (χ4n) is 3.86. The average molecular weight is 453 g/mol. The van der Waals surface area contributed by atoms with Gasteiger partial charge in [0.05, 0.1) is 5.02 Å². The van der Waals surface area contributed by atoms with Crippen LogP contribution in [-0.4, -0.2) is 41.9 Å². The summed E-state index contributed by atoms with van der Waals surface area (Å²) in [5.41, 5.74) is 3.59. The molecule has 0 atom stereocenters. The highest BCUT2D eigenvalue weighted by atomic mass is 35.5.